The Bertz CT molecular complexity index is 206. The van der Waals surface area contributed by atoms with Gasteiger partial charge in [-0.1, -0.05) is 0 Å². The molecular weight excluding hydrogens is 200 g/mol. The van der Waals surface area contributed by atoms with Crippen LogP contribution in [0, 0.1) is 0 Å². The van der Waals surface area contributed by atoms with E-state index in [-0.39, 0.29) is 0 Å². The van der Waals surface area contributed by atoms with Gasteiger partial charge in [-0.05, 0) is 0 Å². The van der Waals surface area contributed by atoms with Crippen molar-refractivity contribution in [2.24, 2.45) is 0 Å². The van der Waals surface area contributed by atoms with E-state index < -0.39 is 24.9 Å². The fourth-order valence-corrected chi connectivity index (χ4v) is 0.422. The summed E-state index contributed by atoms with van der Waals surface area (Å²) in [5, 5.41) is 32.5. The third-order valence-electron chi connectivity index (χ3n) is 0.799. The van der Waals surface area contributed by atoms with E-state index in [2.05, 4.69) is 9.47 Å². The second-order valence-corrected chi connectivity index (χ2v) is 1.86. The van der Waals surface area contributed by atoms with Gasteiger partial charge in [-0.25, -0.2) is 9.59 Å². The van der Waals surface area contributed by atoms with E-state index >= 15 is 0 Å². The lowest BCUT2D eigenvalue weighted by molar-refractivity contribution is -0.228. The molecule has 0 amide bonds. The topological polar surface area (TPSA) is 134 Å². The van der Waals surface area contributed by atoms with Crippen molar-refractivity contribution in [1.82, 2.24) is 0 Å². The SMILES string of the molecule is O=C(/C=C\C(=O)OC(O)O)OC(O)O. The molecule has 0 aromatic rings. The van der Waals surface area contributed by atoms with Crippen molar-refractivity contribution in [2.75, 3.05) is 0 Å². The standard InChI is InChI=1S/C6H8O8/c7-3(13-5(9)10)1-2-4(8)14-6(11)12/h1-2,5-6,9-12H/b2-1-. The van der Waals surface area contributed by atoms with Gasteiger partial charge in [0.05, 0.1) is 0 Å². The summed E-state index contributed by atoms with van der Waals surface area (Å²) >= 11 is 0. The highest BCUT2D eigenvalue weighted by atomic mass is 16.8. The van der Waals surface area contributed by atoms with Crippen LogP contribution in [-0.2, 0) is 19.1 Å². The first kappa shape index (κ1) is 12.5. The van der Waals surface area contributed by atoms with Crippen LogP contribution < -0.4 is 0 Å². The van der Waals surface area contributed by atoms with Crippen LogP contribution >= 0.6 is 0 Å². The normalized spacial score (nSPS) is 11.0. The monoisotopic (exact) mass is 208 g/mol. The van der Waals surface area contributed by atoms with Gasteiger partial charge >= 0.3 is 24.9 Å². The largest absolute Gasteiger partial charge is 0.407 e. The maximum atomic E-state index is 10.5. The summed E-state index contributed by atoms with van der Waals surface area (Å²) in [7, 11) is 0. The predicted octanol–water partition coefficient (Wildman–Crippen LogP) is -2.83. The molecule has 0 fully saturated rings. The van der Waals surface area contributed by atoms with E-state index in [1.54, 1.807) is 0 Å². The molecular formula is C6H8O8. The summed E-state index contributed by atoms with van der Waals surface area (Å²) < 4.78 is 7.52. The zero-order valence-corrected chi connectivity index (χ0v) is 6.73. The molecule has 0 saturated heterocycles. The number of esters is 2. The fraction of sp³-hybridized carbons (Fsp3) is 0.333. The van der Waals surface area contributed by atoms with Crippen molar-refractivity contribution in [1.29, 1.82) is 0 Å². The van der Waals surface area contributed by atoms with Gasteiger partial charge in [0.2, 0.25) is 0 Å². The minimum Gasteiger partial charge on any atom is -0.407 e. The van der Waals surface area contributed by atoms with E-state index in [1.165, 1.54) is 0 Å². The Morgan fingerprint density at radius 2 is 1.14 bits per heavy atom. The molecule has 0 unspecified atom stereocenters. The zero-order chi connectivity index (χ0) is 11.1. The molecule has 0 heterocycles. The molecule has 0 atom stereocenters. The molecule has 8 heteroatoms. The van der Waals surface area contributed by atoms with Crippen LogP contribution in [-0.4, -0.2) is 45.3 Å². The second-order valence-electron chi connectivity index (χ2n) is 1.86. The molecule has 14 heavy (non-hydrogen) atoms. The van der Waals surface area contributed by atoms with E-state index in [0.29, 0.717) is 12.2 Å². The molecule has 8 nitrogen and oxygen atoms in total. The average Bonchev–Trinajstić information content (AvgIpc) is 1.98. The summed E-state index contributed by atoms with van der Waals surface area (Å²) in [6.07, 6.45) is 1.04. The molecule has 80 valence electrons. The van der Waals surface area contributed by atoms with Crippen molar-refractivity contribution < 1.29 is 39.5 Å². The summed E-state index contributed by atoms with van der Waals surface area (Å²) in [5.74, 6) is -2.41. The maximum Gasteiger partial charge on any atom is 0.335 e. The van der Waals surface area contributed by atoms with E-state index in [4.69, 9.17) is 20.4 Å². The van der Waals surface area contributed by atoms with Gasteiger partial charge in [0.25, 0.3) is 0 Å². The minimum absolute atomic E-state index is 0.518. The van der Waals surface area contributed by atoms with Crippen molar-refractivity contribution >= 4 is 11.9 Å². The molecule has 0 aliphatic carbocycles. The van der Waals surface area contributed by atoms with Crippen molar-refractivity contribution in [3.8, 4) is 0 Å². The Hall–Kier alpha value is -1.48. The zero-order valence-electron chi connectivity index (χ0n) is 6.73. The first-order valence-electron chi connectivity index (χ1n) is 3.23. The van der Waals surface area contributed by atoms with E-state index in [1.807, 2.05) is 0 Å². The number of hydrogen-bond donors (Lipinski definition) is 4. The lowest BCUT2D eigenvalue weighted by Gasteiger charge is -2.02. The number of carbonyl (C=O) groups is 2. The van der Waals surface area contributed by atoms with Crippen LogP contribution in [0.25, 0.3) is 0 Å². The van der Waals surface area contributed by atoms with Gasteiger partial charge in [-0.2, -0.15) is 0 Å². The molecule has 0 aromatic heterocycles. The van der Waals surface area contributed by atoms with Crippen molar-refractivity contribution in [3.63, 3.8) is 0 Å². The van der Waals surface area contributed by atoms with E-state index in [9.17, 15) is 9.59 Å². The van der Waals surface area contributed by atoms with Crippen molar-refractivity contribution in [3.05, 3.63) is 12.2 Å². The smallest absolute Gasteiger partial charge is 0.335 e. The molecule has 0 saturated carbocycles. The van der Waals surface area contributed by atoms with Gasteiger partial charge < -0.3 is 29.9 Å². The summed E-state index contributed by atoms with van der Waals surface area (Å²) in [5.41, 5.74) is 0. The number of aliphatic hydroxyl groups excluding tert-OH is 2. The highest BCUT2D eigenvalue weighted by Crippen LogP contribution is 1.89. The highest BCUT2D eigenvalue weighted by Gasteiger charge is 2.06. The number of carbonyl (C=O) groups excluding carboxylic acids is 2. The summed E-state index contributed by atoms with van der Waals surface area (Å²) in [6, 6.07) is 0. The number of rotatable bonds is 4. The summed E-state index contributed by atoms with van der Waals surface area (Å²) in [4.78, 5) is 21.0. The number of aliphatic hydroxyl groups is 4. The fourth-order valence-electron chi connectivity index (χ4n) is 0.422. The van der Waals surface area contributed by atoms with Gasteiger partial charge in [-0.15, -0.1) is 0 Å². The lowest BCUT2D eigenvalue weighted by atomic mass is 10.5. The molecule has 0 radical (unpaired) electrons. The molecule has 0 aromatic carbocycles. The highest BCUT2D eigenvalue weighted by molar-refractivity contribution is 5.91. The Morgan fingerprint density at radius 1 is 0.857 bits per heavy atom. The Kier molecular flexibility index (Phi) is 5.41. The van der Waals surface area contributed by atoms with Crippen molar-refractivity contribution in [2.45, 2.75) is 13.0 Å². The predicted molar refractivity (Wildman–Crippen MR) is 37.8 cm³/mol. The van der Waals surface area contributed by atoms with Gasteiger partial charge in [0, 0.05) is 12.2 Å². The van der Waals surface area contributed by atoms with E-state index in [0.717, 1.165) is 0 Å². The molecule has 4 N–H and O–H groups in total. The van der Waals surface area contributed by atoms with Crippen LogP contribution in [0.2, 0.25) is 0 Å². The minimum atomic E-state index is -2.29. The Balaban J connectivity index is 3.92. The maximum absolute atomic E-state index is 10.5. The molecule has 0 spiro atoms. The molecule has 0 aliphatic rings. The third kappa shape index (κ3) is 7.18. The molecule has 0 bridgehead atoms. The van der Waals surface area contributed by atoms with Gasteiger partial charge in [-0.3, -0.25) is 0 Å². The summed E-state index contributed by atoms with van der Waals surface area (Å²) in [6.45, 7) is -4.57. The first-order valence-corrected chi connectivity index (χ1v) is 3.23. The van der Waals surface area contributed by atoms with Crippen LogP contribution in [0.3, 0.4) is 0 Å². The first-order chi connectivity index (χ1) is 6.41. The van der Waals surface area contributed by atoms with Crippen LogP contribution in [0.4, 0.5) is 0 Å². The Labute approximate surface area is 77.6 Å². The van der Waals surface area contributed by atoms with Crippen LogP contribution in [0.5, 0.6) is 0 Å². The second kappa shape index (κ2) is 6.05. The van der Waals surface area contributed by atoms with Gasteiger partial charge in [0.1, 0.15) is 0 Å². The van der Waals surface area contributed by atoms with Gasteiger partial charge in [0.15, 0.2) is 0 Å². The average molecular weight is 208 g/mol. The lowest BCUT2D eigenvalue weighted by Crippen LogP contribution is -2.16. The Morgan fingerprint density at radius 3 is 1.36 bits per heavy atom. The molecule has 0 aliphatic heterocycles. The number of hydrogen-bond acceptors (Lipinski definition) is 8. The quantitative estimate of drug-likeness (QED) is 0.220. The molecule has 0 rings (SSSR count). The number of ether oxygens (including phenoxy) is 2. The van der Waals surface area contributed by atoms with Crippen LogP contribution in [0.15, 0.2) is 12.2 Å². The van der Waals surface area contributed by atoms with Crippen LogP contribution in [0.1, 0.15) is 0 Å². The third-order valence-corrected chi connectivity index (χ3v) is 0.799.